The minimum atomic E-state index is -3.61. The van der Waals surface area contributed by atoms with Crippen LogP contribution >= 0.6 is 45.9 Å². The number of thiazole rings is 1. The van der Waals surface area contributed by atoms with E-state index in [2.05, 4.69) is 4.99 Å². The van der Waals surface area contributed by atoms with Crippen LogP contribution in [0.5, 0.6) is 0 Å². The van der Waals surface area contributed by atoms with Gasteiger partial charge in [-0.2, -0.15) is 9.30 Å². The van der Waals surface area contributed by atoms with Crippen molar-refractivity contribution in [3.63, 3.8) is 0 Å². The van der Waals surface area contributed by atoms with Crippen molar-refractivity contribution in [2.45, 2.75) is 30.5 Å². The summed E-state index contributed by atoms with van der Waals surface area (Å²) in [6, 6.07) is 6.73. The van der Waals surface area contributed by atoms with E-state index in [0.717, 1.165) is 4.70 Å². The zero-order valence-corrected chi connectivity index (χ0v) is 21.8. The molecule has 0 bridgehead atoms. The quantitative estimate of drug-likeness (QED) is 0.403. The molecule has 7 nitrogen and oxygen atoms in total. The number of thiophene rings is 1. The van der Waals surface area contributed by atoms with Crippen LogP contribution in [0.25, 0.3) is 10.2 Å². The molecule has 1 atom stereocenters. The Morgan fingerprint density at radius 1 is 1.27 bits per heavy atom. The molecule has 0 N–H and O–H groups in total. The summed E-state index contributed by atoms with van der Waals surface area (Å²) < 4.78 is 35.6. The van der Waals surface area contributed by atoms with Gasteiger partial charge in [0, 0.05) is 26.2 Å². The second-order valence-electron chi connectivity index (χ2n) is 7.52. The summed E-state index contributed by atoms with van der Waals surface area (Å²) in [7, 11) is -3.61. The molecule has 0 radical (unpaired) electrons. The Bertz CT molecular complexity index is 1320. The first-order valence-electron chi connectivity index (χ1n) is 10.5. The van der Waals surface area contributed by atoms with Crippen molar-refractivity contribution in [2.24, 2.45) is 10.9 Å². The zero-order chi connectivity index (χ0) is 23.6. The molecule has 1 aliphatic heterocycles. The summed E-state index contributed by atoms with van der Waals surface area (Å²) in [6.45, 7) is 3.89. The summed E-state index contributed by atoms with van der Waals surface area (Å²) in [5.74, 6) is -0.852. The van der Waals surface area contributed by atoms with Crippen LogP contribution in [0.4, 0.5) is 0 Å². The molecular formula is C21H23Cl2N3O4S3. The van der Waals surface area contributed by atoms with Gasteiger partial charge in [0.15, 0.2) is 4.80 Å². The number of piperidine rings is 1. The number of rotatable bonds is 7. The van der Waals surface area contributed by atoms with Crippen molar-refractivity contribution in [2.75, 3.05) is 26.3 Å². The largest absolute Gasteiger partial charge is 0.380 e. The Kier molecular flexibility index (Phi) is 7.95. The second kappa shape index (κ2) is 10.6. The van der Waals surface area contributed by atoms with Gasteiger partial charge in [0.05, 0.1) is 32.8 Å². The Labute approximate surface area is 210 Å². The SMILES string of the molecule is CCOCCn1c(=NC(=O)C2CCCN(S(=O)(=O)c3cccs3)C2)sc2c(Cl)ccc(Cl)c21. The molecule has 3 heterocycles. The second-order valence-corrected chi connectivity index (χ2v) is 12.4. The van der Waals surface area contributed by atoms with Crippen LogP contribution in [0, 0.1) is 5.92 Å². The number of ether oxygens (including phenoxy) is 1. The van der Waals surface area contributed by atoms with E-state index in [9.17, 15) is 13.2 Å². The van der Waals surface area contributed by atoms with E-state index in [0.29, 0.717) is 59.5 Å². The van der Waals surface area contributed by atoms with Crippen molar-refractivity contribution < 1.29 is 17.9 Å². The smallest absolute Gasteiger partial charge is 0.252 e. The minimum Gasteiger partial charge on any atom is -0.380 e. The Morgan fingerprint density at radius 3 is 2.79 bits per heavy atom. The fourth-order valence-electron chi connectivity index (χ4n) is 3.79. The van der Waals surface area contributed by atoms with Gasteiger partial charge >= 0.3 is 0 Å². The van der Waals surface area contributed by atoms with E-state index in [4.69, 9.17) is 27.9 Å². The third-order valence-corrected chi connectivity index (χ3v) is 10.5. The summed E-state index contributed by atoms with van der Waals surface area (Å²) >= 11 is 15.3. The molecule has 2 aromatic heterocycles. The number of amides is 1. The molecule has 12 heteroatoms. The number of benzene rings is 1. The minimum absolute atomic E-state index is 0.119. The molecule has 0 spiro atoms. The number of nitrogens with zero attached hydrogens (tertiary/aromatic N) is 3. The number of hydrogen-bond acceptors (Lipinski definition) is 6. The molecule has 1 aromatic carbocycles. The molecule has 1 amide bonds. The highest BCUT2D eigenvalue weighted by Crippen LogP contribution is 2.32. The van der Waals surface area contributed by atoms with Crippen molar-refractivity contribution in [1.82, 2.24) is 8.87 Å². The third-order valence-electron chi connectivity index (χ3n) is 5.42. The molecule has 1 fully saturated rings. The number of fused-ring (bicyclic) bond motifs is 1. The summed E-state index contributed by atoms with van der Waals surface area (Å²) in [4.78, 5) is 18.1. The van der Waals surface area contributed by atoms with Crippen LogP contribution in [0.2, 0.25) is 10.0 Å². The summed E-state index contributed by atoms with van der Waals surface area (Å²) in [6.07, 6.45) is 1.19. The van der Waals surface area contributed by atoms with Crippen LogP contribution in [0.3, 0.4) is 0 Å². The molecular weight excluding hydrogens is 525 g/mol. The monoisotopic (exact) mass is 547 g/mol. The zero-order valence-electron chi connectivity index (χ0n) is 17.9. The summed E-state index contributed by atoms with van der Waals surface area (Å²) in [5.41, 5.74) is 0.714. The Morgan fingerprint density at radius 2 is 2.06 bits per heavy atom. The van der Waals surface area contributed by atoms with E-state index in [1.54, 1.807) is 29.6 Å². The molecule has 0 saturated carbocycles. The van der Waals surface area contributed by atoms with E-state index in [-0.39, 0.29) is 16.7 Å². The Hall–Kier alpha value is -1.27. The molecule has 1 unspecified atom stereocenters. The predicted molar refractivity (Wildman–Crippen MR) is 133 cm³/mol. The van der Waals surface area contributed by atoms with Gasteiger partial charge in [-0.1, -0.05) is 40.6 Å². The lowest BCUT2D eigenvalue weighted by Crippen LogP contribution is -2.42. The van der Waals surface area contributed by atoms with Crippen molar-refractivity contribution in [3.8, 4) is 0 Å². The van der Waals surface area contributed by atoms with Gasteiger partial charge in [0.25, 0.3) is 15.9 Å². The molecule has 3 aromatic rings. The highest BCUT2D eigenvalue weighted by molar-refractivity contribution is 7.91. The molecule has 0 aliphatic carbocycles. The topological polar surface area (TPSA) is 81.0 Å². The van der Waals surface area contributed by atoms with Gasteiger partial charge in [0.2, 0.25) is 0 Å². The summed E-state index contributed by atoms with van der Waals surface area (Å²) in [5, 5.41) is 2.78. The molecule has 4 rings (SSSR count). The molecule has 33 heavy (non-hydrogen) atoms. The lowest BCUT2D eigenvalue weighted by atomic mass is 9.99. The lowest BCUT2D eigenvalue weighted by Gasteiger charge is -2.29. The predicted octanol–water partition coefficient (Wildman–Crippen LogP) is 4.64. The van der Waals surface area contributed by atoms with Crippen LogP contribution in [-0.4, -0.2) is 49.5 Å². The van der Waals surface area contributed by atoms with Crippen LogP contribution < -0.4 is 4.80 Å². The van der Waals surface area contributed by atoms with Gasteiger partial charge < -0.3 is 9.30 Å². The molecule has 1 saturated heterocycles. The normalized spacial score (nSPS) is 18.3. The average Bonchev–Trinajstić information content (AvgIpc) is 3.47. The van der Waals surface area contributed by atoms with E-state index < -0.39 is 15.9 Å². The highest BCUT2D eigenvalue weighted by atomic mass is 35.5. The fourth-order valence-corrected chi connectivity index (χ4v) is 8.13. The number of carbonyl (C=O) groups is 1. The first kappa shape index (κ1) is 24.8. The molecule has 178 valence electrons. The van der Waals surface area contributed by atoms with E-state index in [1.807, 2.05) is 11.5 Å². The third kappa shape index (κ3) is 5.22. The maximum Gasteiger partial charge on any atom is 0.252 e. The number of carbonyl (C=O) groups excluding carboxylic acids is 1. The van der Waals surface area contributed by atoms with E-state index in [1.165, 1.54) is 27.0 Å². The van der Waals surface area contributed by atoms with Gasteiger partial charge in [-0.05, 0) is 43.3 Å². The van der Waals surface area contributed by atoms with Gasteiger partial charge in [-0.25, -0.2) is 8.42 Å². The standard InChI is InChI=1S/C21H23Cl2N3O4S3/c1-2-30-11-10-26-18-15(22)7-8-16(23)19(18)32-21(26)24-20(27)14-5-3-9-25(13-14)33(28,29)17-6-4-12-31-17/h4,6-8,12,14H,2-3,5,9-11,13H2,1H3. The number of aromatic nitrogens is 1. The van der Waals surface area contributed by atoms with Crippen LogP contribution in [0.1, 0.15) is 19.8 Å². The van der Waals surface area contributed by atoms with Crippen LogP contribution in [-0.2, 0) is 26.1 Å². The maximum absolute atomic E-state index is 13.2. The Balaban J connectivity index is 1.66. The van der Waals surface area contributed by atoms with Crippen LogP contribution in [0.15, 0.2) is 38.8 Å². The number of halogens is 2. The fraction of sp³-hybridized carbons (Fsp3) is 0.429. The van der Waals surface area contributed by atoms with E-state index >= 15 is 0 Å². The van der Waals surface area contributed by atoms with Gasteiger partial charge in [-0.3, -0.25) is 4.79 Å². The average molecular weight is 549 g/mol. The molecule has 1 aliphatic rings. The first-order valence-corrected chi connectivity index (χ1v) is 14.4. The van der Waals surface area contributed by atoms with Crippen molar-refractivity contribution in [1.29, 1.82) is 0 Å². The number of hydrogen-bond donors (Lipinski definition) is 0. The van der Waals surface area contributed by atoms with Gasteiger partial charge in [0.1, 0.15) is 4.21 Å². The maximum atomic E-state index is 13.2. The van der Waals surface area contributed by atoms with Crippen molar-refractivity contribution in [3.05, 3.63) is 44.5 Å². The lowest BCUT2D eigenvalue weighted by molar-refractivity contribution is -0.122. The first-order chi connectivity index (χ1) is 15.8. The number of sulfonamides is 1. The van der Waals surface area contributed by atoms with Gasteiger partial charge in [-0.15, -0.1) is 11.3 Å². The highest BCUT2D eigenvalue weighted by Gasteiger charge is 2.34. The van der Waals surface area contributed by atoms with Crippen molar-refractivity contribution >= 4 is 72.0 Å².